The lowest BCUT2D eigenvalue weighted by molar-refractivity contribution is -0.150. The number of thioether (sulfide) groups is 1. The Balaban J connectivity index is 1.26. The third-order valence-corrected chi connectivity index (χ3v) is 9.11. The highest BCUT2D eigenvalue weighted by Crippen LogP contribution is 2.41. The number of carbonyl (C=O) groups excluding carboxylic acids is 2. The number of allylic oxidation sites excluding steroid dienone is 1. The summed E-state index contributed by atoms with van der Waals surface area (Å²) in [5.41, 5.74) is 9.39. The van der Waals surface area contributed by atoms with Crippen molar-refractivity contribution in [1.82, 2.24) is 30.3 Å². The van der Waals surface area contributed by atoms with Gasteiger partial charge in [-0.2, -0.15) is 0 Å². The summed E-state index contributed by atoms with van der Waals surface area (Å²) in [5.74, 6) is -1.73. The molecular formula is C23H27N9O5S3. The van der Waals surface area contributed by atoms with E-state index < -0.39 is 29.2 Å². The fourth-order valence-electron chi connectivity index (χ4n) is 4.29. The number of hydrogen-bond acceptors (Lipinski definition) is 14. The van der Waals surface area contributed by atoms with Crippen molar-refractivity contribution < 1.29 is 24.3 Å². The molecule has 5 N–H and O–H groups in total. The van der Waals surface area contributed by atoms with E-state index >= 15 is 0 Å². The molecular weight excluding hydrogens is 579 g/mol. The number of β-lactam (4-membered cyclic amide) rings is 1. The third kappa shape index (κ3) is 5.96. The molecule has 14 nitrogen and oxygen atoms in total. The van der Waals surface area contributed by atoms with Crippen LogP contribution in [0.15, 0.2) is 51.7 Å². The first-order valence-electron chi connectivity index (χ1n) is 12.3. The minimum atomic E-state index is -1.21. The van der Waals surface area contributed by atoms with Gasteiger partial charge in [-0.15, -0.1) is 44.8 Å². The number of hydrogen-bond donors (Lipinski definition) is 4. The number of fused-ring (bicyclic) bond motifs is 1. The van der Waals surface area contributed by atoms with Crippen molar-refractivity contribution in [3.05, 3.63) is 47.2 Å². The summed E-state index contributed by atoms with van der Waals surface area (Å²) < 4.78 is 1.50. The predicted molar refractivity (Wildman–Crippen MR) is 153 cm³/mol. The van der Waals surface area contributed by atoms with E-state index in [0.29, 0.717) is 23.6 Å². The number of hydrazine groups is 2. The van der Waals surface area contributed by atoms with Gasteiger partial charge in [-0.05, 0) is 42.9 Å². The van der Waals surface area contributed by atoms with E-state index in [4.69, 9.17) is 10.6 Å². The second kappa shape index (κ2) is 12.3. The van der Waals surface area contributed by atoms with Crippen LogP contribution in [0, 0.1) is 0 Å². The fraction of sp³-hybridized carbons (Fsp3) is 0.391. The molecule has 0 aromatic carbocycles. The molecule has 40 heavy (non-hydrogen) atoms. The van der Waals surface area contributed by atoms with E-state index in [1.807, 2.05) is 12.2 Å². The average Bonchev–Trinajstić information content (AvgIpc) is 3.59. The largest absolute Gasteiger partial charge is 0.477 e. The van der Waals surface area contributed by atoms with Crippen LogP contribution in [0.3, 0.4) is 0 Å². The number of rotatable bonds is 11. The molecule has 0 saturated carbocycles. The Hall–Kier alpha value is -3.54. The molecule has 1 aromatic rings. The van der Waals surface area contributed by atoms with Gasteiger partial charge in [0.2, 0.25) is 0 Å². The molecule has 17 heteroatoms. The Labute approximate surface area is 242 Å². The van der Waals surface area contributed by atoms with E-state index in [2.05, 4.69) is 32.7 Å². The van der Waals surface area contributed by atoms with Gasteiger partial charge in [0.15, 0.2) is 10.8 Å². The number of nitrogens with zero attached hydrogens (tertiary/aromatic N) is 6. The highest BCUT2D eigenvalue weighted by atomic mass is 32.2. The van der Waals surface area contributed by atoms with Gasteiger partial charge in [0.25, 0.3) is 11.8 Å². The lowest BCUT2D eigenvalue weighted by Crippen LogP contribution is -2.71. The minimum absolute atomic E-state index is 0.0774. The molecule has 2 amide bonds. The molecule has 3 aliphatic heterocycles. The van der Waals surface area contributed by atoms with Crippen molar-refractivity contribution in [2.75, 3.05) is 23.8 Å². The zero-order valence-electron chi connectivity index (χ0n) is 21.1. The first-order chi connectivity index (χ1) is 19.4. The van der Waals surface area contributed by atoms with Crippen LogP contribution in [-0.4, -0.2) is 89.9 Å². The summed E-state index contributed by atoms with van der Waals surface area (Å²) in [7, 11) is 0. The van der Waals surface area contributed by atoms with Gasteiger partial charge in [-0.3, -0.25) is 19.5 Å². The SMILES string of the molecule is C=CCN1C=NN(SCC2=C(C(=O)O)N3C(=O)C(NC(=O)C(=NOC4C=CCCC4)c4csc(N)n4)[C@@H]3SC2)N1. The zero-order chi connectivity index (χ0) is 28.2. The smallest absolute Gasteiger partial charge is 0.352 e. The average molecular weight is 606 g/mol. The topological polar surface area (TPSA) is 178 Å². The maximum atomic E-state index is 13.3. The molecule has 4 aliphatic rings. The number of carbonyl (C=O) groups is 3. The third-order valence-electron chi connectivity index (χ3n) is 6.20. The van der Waals surface area contributed by atoms with Gasteiger partial charge in [-0.25, -0.2) is 9.78 Å². The highest BCUT2D eigenvalue weighted by Gasteiger charge is 2.54. The van der Waals surface area contributed by atoms with Crippen molar-refractivity contribution in [2.24, 2.45) is 10.3 Å². The Morgan fingerprint density at radius 3 is 3.00 bits per heavy atom. The van der Waals surface area contributed by atoms with Crippen molar-refractivity contribution in [2.45, 2.75) is 36.8 Å². The molecule has 0 bridgehead atoms. The molecule has 212 valence electrons. The Morgan fingerprint density at radius 2 is 2.30 bits per heavy atom. The normalized spacial score (nSPS) is 24.2. The summed E-state index contributed by atoms with van der Waals surface area (Å²) in [5, 5.41) is 23.9. The number of nitrogens with one attached hydrogen (secondary N) is 2. The molecule has 3 atom stereocenters. The zero-order valence-corrected chi connectivity index (χ0v) is 23.6. The number of thiazole rings is 1. The van der Waals surface area contributed by atoms with Crippen molar-refractivity contribution in [3.63, 3.8) is 0 Å². The van der Waals surface area contributed by atoms with Crippen molar-refractivity contribution in [1.29, 1.82) is 0 Å². The molecule has 1 fully saturated rings. The quantitative estimate of drug-likeness (QED) is 0.0930. The van der Waals surface area contributed by atoms with Crippen LogP contribution in [0.4, 0.5) is 5.13 Å². The summed E-state index contributed by atoms with van der Waals surface area (Å²) in [4.78, 5) is 49.6. The molecule has 4 heterocycles. The number of aliphatic carboxylic acids is 1. The molecule has 2 unspecified atom stereocenters. The number of nitrogen functional groups attached to an aromatic ring is 1. The highest BCUT2D eigenvalue weighted by molar-refractivity contribution is 8.00. The van der Waals surface area contributed by atoms with E-state index in [1.165, 1.54) is 33.1 Å². The van der Waals surface area contributed by atoms with E-state index in [1.54, 1.807) is 22.8 Å². The fourth-order valence-corrected chi connectivity index (χ4v) is 7.10. The van der Waals surface area contributed by atoms with Gasteiger partial charge in [0.05, 0.1) is 6.54 Å². The second-order valence-electron chi connectivity index (χ2n) is 8.95. The van der Waals surface area contributed by atoms with Crippen molar-refractivity contribution >= 4 is 70.0 Å². The number of carboxylic acids is 1. The van der Waals surface area contributed by atoms with Crippen LogP contribution in [0.2, 0.25) is 0 Å². The number of aromatic nitrogens is 1. The van der Waals surface area contributed by atoms with E-state index in [9.17, 15) is 19.5 Å². The van der Waals surface area contributed by atoms with Crippen LogP contribution < -0.4 is 16.6 Å². The number of nitrogens with two attached hydrogens (primary N) is 1. The van der Waals surface area contributed by atoms with Crippen LogP contribution in [0.25, 0.3) is 0 Å². The molecule has 5 rings (SSSR count). The van der Waals surface area contributed by atoms with Crippen LogP contribution in [0.5, 0.6) is 0 Å². The van der Waals surface area contributed by atoms with Gasteiger partial charge < -0.3 is 21.0 Å². The number of anilines is 1. The second-order valence-corrected chi connectivity index (χ2v) is 11.8. The minimum Gasteiger partial charge on any atom is -0.477 e. The predicted octanol–water partition coefficient (Wildman–Crippen LogP) is 1.11. The summed E-state index contributed by atoms with van der Waals surface area (Å²) in [6, 6.07) is -0.936. The molecule has 1 saturated heterocycles. The van der Waals surface area contributed by atoms with Crippen LogP contribution >= 0.6 is 35.0 Å². The molecule has 1 aromatic heterocycles. The Kier molecular flexibility index (Phi) is 8.63. The Bertz CT molecular complexity index is 1310. The van der Waals surface area contributed by atoms with Gasteiger partial charge in [0, 0.05) is 16.9 Å². The number of amides is 2. The van der Waals surface area contributed by atoms with Gasteiger partial charge >= 0.3 is 5.97 Å². The first-order valence-corrected chi connectivity index (χ1v) is 15.2. The maximum absolute atomic E-state index is 13.3. The monoisotopic (exact) mass is 605 g/mol. The first kappa shape index (κ1) is 28.0. The lowest BCUT2D eigenvalue weighted by Gasteiger charge is -2.49. The summed E-state index contributed by atoms with van der Waals surface area (Å²) in [6.45, 7) is 4.22. The standard InChI is InChI=1S/C23H27N9O5S3/c1-2-8-30-12-25-32(29-30)40-10-13-9-38-21-17(20(34)31(21)18(13)22(35)36)27-19(33)16(15-11-39-23(24)26-15)28-37-14-6-4-3-5-7-14/h2,4,6,11-12,14,17,21,29H,1,3,5,7-10H2,(H2,24,26)(H,27,33)(H,35,36)/t14?,17?,21-/m0/s1. The van der Waals surface area contributed by atoms with Crippen LogP contribution in [-0.2, 0) is 19.2 Å². The Morgan fingerprint density at radius 1 is 1.45 bits per heavy atom. The summed E-state index contributed by atoms with van der Waals surface area (Å²) in [6.07, 6.45) is 9.60. The number of hydrazone groups is 1. The van der Waals surface area contributed by atoms with Crippen molar-refractivity contribution in [3.8, 4) is 0 Å². The van der Waals surface area contributed by atoms with Gasteiger partial charge in [0.1, 0.15) is 35.2 Å². The molecule has 0 spiro atoms. The number of oxime groups is 1. The molecule has 1 aliphatic carbocycles. The lowest BCUT2D eigenvalue weighted by atomic mass is 10.0. The molecule has 0 radical (unpaired) electrons. The van der Waals surface area contributed by atoms with Crippen LogP contribution in [0.1, 0.15) is 25.0 Å². The maximum Gasteiger partial charge on any atom is 0.352 e. The van der Waals surface area contributed by atoms with E-state index in [-0.39, 0.29) is 28.3 Å². The van der Waals surface area contributed by atoms with Gasteiger partial charge in [-0.1, -0.05) is 17.3 Å². The van der Waals surface area contributed by atoms with E-state index in [0.717, 1.165) is 30.6 Å². The number of carboxylic acid groups (broad SMARTS) is 1. The summed E-state index contributed by atoms with van der Waals surface area (Å²) >= 11 is 3.78.